The number of aliphatic carboxylic acids is 1. The van der Waals surface area contributed by atoms with Crippen LogP contribution in [-0.2, 0) is 17.9 Å². The Morgan fingerprint density at radius 3 is 2.64 bits per heavy atom. The van der Waals surface area contributed by atoms with Gasteiger partial charge in [-0.25, -0.2) is 0 Å². The van der Waals surface area contributed by atoms with Gasteiger partial charge in [-0.05, 0) is 54.2 Å². The summed E-state index contributed by atoms with van der Waals surface area (Å²) in [7, 11) is 1.60. The molecule has 1 unspecified atom stereocenters. The molecule has 0 saturated carbocycles. The van der Waals surface area contributed by atoms with Crippen molar-refractivity contribution in [2.45, 2.75) is 32.5 Å². The molecule has 0 saturated heterocycles. The number of methoxy groups -OCH3 is 1. The van der Waals surface area contributed by atoms with Gasteiger partial charge in [-0.2, -0.15) is 11.8 Å². The predicted octanol–water partition coefficient (Wildman–Crippen LogP) is 4.64. The first-order valence-corrected chi connectivity index (χ1v) is 11.1. The number of rotatable bonds is 11. The molecule has 0 fully saturated rings. The highest BCUT2D eigenvalue weighted by molar-refractivity contribution is 9.10. The molecule has 0 aliphatic heterocycles. The van der Waals surface area contributed by atoms with Gasteiger partial charge >= 0.3 is 5.97 Å². The summed E-state index contributed by atoms with van der Waals surface area (Å²) in [6.45, 7) is 2.92. The third-order valence-corrected chi connectivity index (χ3v) is 5.81. The van der Waals surface area contributed by atoms with Gasteiger partial charge in [0.1, 0.15) is 12.6 Å². The molecule has 2 rings (SSSR count). The molecule has 0 radical (unpaired) electrons. The van der Waals surface area contributed by atoms with E-state index in [0.717, 1.165) is 21.4 Å². The molecule has 0 bridgehead atoms. The Hall–Kier alpha value is -1.70. The van der Waals surface area contributed by atoms with Gasteiger partial charge in [0.2, 0.25) is 0 Å². The summed E-state index contributed by atoms with van der Waals surface area (Å²) in [5, 5.41) is 12.5. The van der Waals surface area contributed by atoms with Crippen LogP contribution in [0.2, 0.25) is 0 Å². The van der Waals surface area contributed by atoms with Crippen LogP contribution < -0.4 is 14.8 Å². The van der Waals surface area contributed by atoms with E-state index >= 15 is 0 Å². The Balaban J connectivity index is 2.09. The van der Waals surface area contributed by atoms with Crippen molar-refractivity contribution in [3.05, 3.63) is 57.6 Å². The fourth-order valence-electron chi connectivity index (χ4n) is 2.69. The smallest absolute Gasteiger partial charge is 0.320 e. The molecule has 152 valence electrons. The fourth-order valence-corrected chi connectivity index (χ4v) is 3.63. The summed E-state index contributed by atoms with van der Waals surface area (Å²) in [6.07, 6.45) is 2.54. The Bertz CT molecular complexity index is 800. The SMILES string of the molecule is COc1cc(CNC(CCSC)C(=O)O)c(Br)cc1OCc1ccccc1C. The molecule has 7 heteroatoms. The topological polar surface area (TPSA) is 67.8 Å². The number of benzene rings is 2. The minimum absolute atomic E-state index is 0.417. The van der Waals surface area contributed by atoms with Crippen molar-refractivity contribution in [1.82, 2.24) is 5.32 Å². The zero-order valence-electron chi connectivity index (χ0n) is 16.3. The maximum Gasteiger partial charge on any atom is 0.320 e. The van der Waals surface area contributed by atoms with Crippen molar-refractivity contribution in [3.8, 4) is 11.5 Å². The van der Waals surface area contributed by atoms with Crippen LogP contribution in [0.15, 0.2) is 40.9 Å². The Morgan fingerprint density at radius 1 is 1.25 bits per heavy atom. The zero-order valence-corrected chi connectivity index (χ0v) is 18.7. The summed E-state index contributed by atoms with van der Waals surface area (Å²) in [5.41, 5.74) is 3.20. The number of carboxylic acid groups (broad SMARTS) is 1. The molecule has 28 heavy (non-hydrogen) atoms. The Morgan fingerprint density at radius 2 is 2.00 bits per heavy atom. The lowest BCUT2D eigenvalue weighted by Gasteiger charge is -2.17. The lowest BCUT2D eigenvalue weighted by molar-refractivity contribution is -0.139. The van der Waals surface area contributed by atoms with E-state index in [2.05, 4.69) is 34.2 Å². The van der Waals surface area contributed by atoms with Crippen LogP contribution in [0.5, 0.6) is 11.5 Å². The summed E-state index contributed by atoms with van der Waals surface area (Å²) in [5.74, 6) is 1.21. The second kappa shape index (κ2) is 11.3. The van der Waals surface area contributed by atoms with Crippen molar-refractivity contribution in [2.75, 3.05) is 19.1 Å². The summed E-state index contributed by atoms with van der Waals surface area (Å²) < 4.78 is 12.3. The molecule has 0 heterocycles. The van der Waals surface area contributed by atoms with Gasteiger partial charge in [0, 0.05) is 11.0 Å². The highest BCUT2D eigenvalue weighted by Gasteiger charge is 2.18. The van der Waals surface area contributed by atoms with Crippen molar-refractivity contribution in [2.24, 2.45) is 0 Å². The quantitative estimate of drug-likeness (QED) is 0.501. The number of ether oxygens (including phenoxy) is 2. The number of hydrogen-bond acceptors (Lipinski definition) is 5. The molecule has 0 amide bonds. The van der Waals surface area contributed by atoms with Gasteiger partial charge in [-0.3, -0.25) is 4.79 Å². The van der Waals surface area contributed by atoms with Gasteiger partial charge < -0.3 is 19.9 Å². The molecule has 5 nitrogen and oxygen atoms in total. The van der Waals surface area contributed by atoms with Crippen molar-refractivity contribution >= 4 is 33.7 Å². The Kier molecular flexibility index (Phi) is 9.15. The minimum atomic E-state index is -0.838. The average molecular weight is 468 g/mol. The van der Waals surface area contributed by atoms with E-state index in [4.69, 9.17) is 9.47 Å². The van der Waals surface area contributed by atoms with E-state index in [-0.39, 0.29) is 0 Å². The third kappa shape index (κ3) is 6.43. The highest BCUT2D eigenvalue weighted by atomic mass is 79.9. The molecule has 1 atom stereocenters. The lowest BCUT2D eigenvalue weighted by atomic mass is 10.1. The first kappa shape index (κ1) is 22.6. The normalized spacial score (nSPS) is 11.9. The molecule has 0 spiro atoms. The van der Waals surface area contributed by atoms with E-state index in [1.807, 2.05) is 36.6 Å². The molecule has 0 aliphatic carbocycles. The van der Waals surface area contributed by atoms with Crippen LogP contribution in [0.1, 0.15) is 23.1 Å². The number of aryl methyl sites for hydroxylation is 1. The monoisotopic (exact) mass is 467 g/mol. The number of nitrogens with one attached hydrogen (secondary N) is 1. The first-order valence-electron chi connectivity index (χ1n) is 8.95. The number of carbonyl (C=O) groups is 1. The van der Waals surface area contributed by atoms with Crippen molar-refractivity contribution < 1.29 is 19.4 Å². The molecule has 2 aromatic rings. The van der Waals surface area contributed by atoms with Gasteiger partial charge in [0.05, 0.1) is 7.11 Å². The lowest BCUT2D eigenvalue weighted by Crippen LogP contribution is -2.36. The van der Waals surface area contributed by atoms with Crippen molar-refractivity contribution in [1.29, 1.82) is 0 Å². The molecular weight excluding hydrogens is 442 g/mol. The summed E-state index contributed by atoms with van der Waals surface area (Å²) in [4.78, 5) is 11.4. The molecule has 0 aliphatic rings. The van der Waals surface area contributed by atoms with Gasteiger partial charge in [0.25, 0.3) is 0 Å². The highest BCUT2D eigenvalue weighted by Crippen LogP contribution is 2.34. The van der Waals surface area contributed by atoms with Crippen LogP contribution in [0, 0.1) is 6.92 Å². The number of halogens is 1. The third-order valence-electron chi connectivity index (χ3n) is 4.42. The second-order valence-corrected chi connectivity index (χ2v) is 8.20. The zero-order chi connectivity index (χ0) is 20.5. The summed E-state index contributed by atoms with van der Waals surface area (Å²) in [6, 6.07) is 11.2. The minimum Gasteiger partial charge on any atom is -0.493 e. The van der Waals surface area contributed by atoms with E-state index < -0.39 is 12.0 Å². The summed E-state index contributed by atoms with van der Waals surface area (Å²) >= 11 is 5.20. The van der Waals surface area contributed by atoms with E-state index in [9.17, 15) is 9.90 Å². The maximum atomic E-state index is 11.4. The van der Waals surface area contributed by atoms with E-state index in [0.29, 0.717) is 31.1 Å². The number of carboxylic acids is 1. The van der Waals surface area contributed by atoms with Gasteiger partial charge in [-0.15, -0.1) is 0 Å². The molecular formula is C21H26BrNO4S. The number of hydrogen-bond donors (Lipinski definition) is 2. The van der Waals surface area contributed by atoms with Crippen LogP contribution in [-0.4, -0.2) is 36.2 Å². The second-order valence-electron chi connectivity index (χ2n) is 6.36. The predicted molar refractivity (Wildman–Crippen MR) is 117 cm³/mol. The largest absolute Gasteiger partial charge is 0.493 e. The average Bonchev–Trinajstić information content (AvgIpc) is 2.68. The molecule has 0 aromatic heterocycles. The molecule has 2 N–H and O–H groups in total. The van der Waals surface area contributed by atoms with E-state index in [1.54, 1.807) is 18.9 Å². The van der Waals surface area contributed by atoms with Crippen LogP contribution in [0.4, 0.5) is 0 Å². The maximum absolute atomic E-state index is 11.4. The fraction of sp³-hybridized carbons (Fsp3) is 0.381. The standard InChI is InChI=1S/C21H26BrNO4S/c1-14-6-4-5-7-15(14)13-27-20-11-17(22)16(10-19(20)26-2)12-23-18(21(24)25)8-9-28-3/h4-7,10-11,18,23H,8-9,12-13H2,1-3H3,(H,24,25). The van der Waals surface area contributed by atoms with Gasteiger partial charge in [-0.1, -0.05) is 40.2 Å². The first-order chi connectivity index (χ1) is 13.5. The number of thioether (sulfide) groups is 1. The van der Waals surface area contributed by atoms with Crippen LogP contribution >= 0.6 is 27.7 Å². The molecule has 2 aromatic carbocycles. The van der Waals surface area contributed by atoms with Crippen LogP contribution in [0.3, 0.4) is 0 Å². The Labute approximate surface area is 178 Å². The van der Waals surface area contributed by atoms with Gasteiger partial charge in [0.15, 0.2) is 11.5 Å². The van der Waals surface area contributed by atoms with E-state index in [1.165, 1.54) is 5.56 Å². The van der Waals surface area contributed by atoms with Crippen molar-refractivity contribution in [3.63, 3.8) is 0 Å². The van der Waals surface area contributed by atoms with Crippen LogP contribution in [0.25, 0.3) is 0 Å².